The Morgan fingerprint density at radius 1 is 1.22 bits per heavy atom. The molecule has 0 amide bonds. The van der Waals surface area contributed by atoms with E-state index in [9.17, 15) is 8.78 Å². The molecule has 0 unspecified atom stereocenters. The highest BCUT2D eigenvalue weighted by atomic mass is 19.3. The SMILES string of the molecule is N#Cc1ccc(C[C@@H]2CCC(F)(F)C2)cc1C#N. The molecule has 0 saturated heterocycles. The molecule has 0 bridgehead atoms. The van der Waals surface area contributed by atoms with Crippen molar-refractivity contribution in [3.63, 3.8) is 0 Å². The molecule has 1 aromatic rings. The summed E-state index contributed by atoms with van der Waals surface area (Å²) in [6.45, 7) is 0. The molecular formula is C14H12F2N2. The molecule has 1 fully saturated rings. The lowest BCUT2D eigenvalue weighted by Gasteiger charge is -2.11. The first-order valence-corrected chi connectivity index (χ1v) is 5.85. The van der Waals surface area contributed by atoms with Crippen LogP contribution in [-0.4, -0.2) is 5.92 Å². The Labute approximate surface area is 104 Å². The maximum absolute atomic E-state index is 13.1. The molecule has 1 saturated carbocycles. The summed E-state index contributed by atoms with van der Waals surface area (Å²) < 4.78 is 26.1. The number of hydrogen-bond donors (Lipinski definition) is 0. The monoisotopic (exact) mass is 246 g/mol. The Bertz CT molecular complexity index is 538. The predicted molar refractivity (Wildman–Crippen MR) is 61.9 cm³/mol. The maximum atomic E-state index is 13.1. The van der Waals surface area contributed by atoms with Crippen LogP contribution in [0.2, 0.25) is 0 Å². The third-order valence-electron chi connectivity index (χ3n) is 3.35. The number of alkyl halides is 2. The van der Waals surface area contributed by atoms with Crippen LogP contribution in [0.3, 0.4) is 0 Å². The van der Waals surface area contributed by atoms with Gasteiger partial charge in [0.1, 0.15) is 12.1 Å². The number of nitriles is 2. The van der Waals surface area contributed by atoms with Gasteiger partial charge in [0, 0.05) is 12.8 Å². The number of hydrogen-bond acceptors (Lipinski definition) is 2. The molecule has 2 rings (SSSR count). The van der Waals surface area contributed by atoms with Crippen LogP contribution in [0.1, 0.15) is 36.0 Å². The van der Waals surface area contributed by atoms with Gasteiger partial charge in [-0.2, -0.15) is 10.5 Å². The lowest BCUT2D eigenvalue weighted by molar-refractivity contribution is 0.00508. The molecule has 0 radical (unpaired) electrons. The van der Waals surface area contributed by atoms with Crippen LogP contribution < -0.4 is 0 Å². The summed E-state index contributed by atoms with van der Waals surface area (Å²) in [6.07, 6.45) is 0.957. The molecule has 0 heterocycles. The van der Waals surface area contributed by atoms with Crippen molar-refractivity contribution in [1.82, 2.24) is 0 Å². The second-order valence-electron chi connectivity index (χ2n) is 4.77. The summed E-state index contributed by atoms with van der Waals surface area (Å²) >= 11 is 0. The van der Waals surface area contributed by atoms with Crippen LogP contribution in [0.25, 0.3) is 0 Å². The summed E-state index contributed by atoms with van der Waals surface area (Å²) in [4.78, 5) is 0. The van der Waals surface area contributed by atoms with Gasteiger partial charge in [-0.1, -0.05) is 6.07 Å². The first-order chi connectivity index (χ1) is 8.54. The molecule has 1 aliphatic rings. The zero-order valence-corrected chi connectivity index (χ0v) is 9.79. The lowest BCUT2D eigenvalue weighted by atomic mass is 9.95. The van der Waals surface area contributed by atoms with Gasteiger partial charge in [-0.25, -0.2) is 8.78 Å². The molecule has 92 valence electrons. The molecule has 2 nitrogen and oxygen atoms in total. The van der Waals surface area contributed by atoms with E-state index in [2.05, 4.69) is 0 Å². The fourth-order valence-corrected chi connectivity index (χ4v) is 2.46. The predicted octanol–water partition coefficient (Wildman–Crippen LogP) is 3.41. The Kier molecular flexibility index (Phi) is 3.30. The minimum absolute atomic E-state index is 0.0283. The summed E-state index contributed by atoms with van der Waals surface area (Å²) in [5.74, 6) is -2.56. The molecule has 0 N–H and O–H groups in total. The summed E-state index contributed by atoms with van der Waals surface area (Å²) in [5, 5.41) is 17.7. The van der Waals surface area contributed by atoms with Gasteiger partial charge in [0.05, 0.1) is 11.1 Å². The molecule has 18 heavy (non-hydrogen) atoms. The molecule has 0 aromatic heterocycles. The van der Waals surface area contributed by atoms with Crippen molar-refractivity contribution < 1.29 is 8.78 Å². The van der Waals surface area contributed by atoms with E-state index in [0.29, 0.717) is 24.0 Å². The van der Waals surface area contributed by atoms with Gasteiger partial charge in [0.15, 0.2) is 0 Å². The van der Waals surface area contributed by atoms with Crippen LogP contribution in [-0.2, 0) is 6.42 Å². The first kappa shape index (κ1) is 12.5. The quantitative estimate of drug-likeness (QED) is 0.802. The second-order valence-corrected chi connectivity index (χ2v) is 4.77. The van der Waals surface area contributed by atoms with Gasteiger partial charge in [0.25, 0.3) is 0 Å². The van der Waals surface area contributed by atoms with E-state index in [1.165, 1.54) is 0 Å². The Balaban J connectivity index is 2.12. The van der Waals surface area contributed by atoms with E-state index in [1.54, 1.807) is 18.2 Å². The highest BCUT2D eigenvalue weighted by Gasteiger charge is 2.39. The fourth-order valence-electron chi connectivity index (χ4n) is 2.46. The van der Waals surface area contributed by atoms with Gasteiger partial charge in [-0.15, -0.1) is 0 Å². The van der Waals surface area contributed by atoms with Gasteiger partial charge in [-0.3, -0.25) is 0 Å². The maximum Gasteiger partial charge on any atom is 0.248 e. The summed E-state index contributed by atoms with van der Waals surface area (Å²) in [6, 6.07) is 8.86. The fraction of sp³-hybridized carbons (Fsp3) is 0.429. The standard InChI is InChI=1S/C14H12F2N2/c15-14(16)4-3-11(7-14)5-10-1-2-12(8-17)13(6-10)9-18/h1-2,6,11H,3-5,7H2/t11-/m0/s1. The smallest absolute Gasteiger partial charge is 0.207 e. The summed E-state index contributed by atoms with van der Waals surface area (Å²) in [7, 11) is 0. The van der Waals surface area contributed by atoms with E-state index >= 15 is 0 Å². The third kappa shape index (κ3) is 2.65. The van der Waals surface area contributed by atoms with E-state index in [-0.39, 0.29) is 18.8 Å². The van der Waals surface area contributed by atoms with Crippen molar-refractivity contribution in [3.8, 4) is 12.1 Å². The van der Waals surface area contributed by atoms with Crippen LogP contribution in [0, 0.1) is 28.6 Å². The van der Waals surface area contributed by atoms with Crippen molar-refractivity contribution in [2.45, 2.75) is 31.6 Å². The van der Waals surface area contributed by atoms with Crippen molar-refractivity contribution in [3.05, 3.63) is 34.9 Å². The molecule has 0 spiro atoms. The Morgan fingerprint density at radius 2 is 1.94 bits per heavy atom. The number of rotatable bonds is 2. The zero-order valence-electron chi connectivity index (χ0n) is 9.79. The van der Waals surface area contributed by atoms with E-state index in [0.717, 1.165) is 5.56 Å². The van der Waals surface area contributed by atoms with Crippen molar-refractivity contribution >= 4 is 0 Å². The normalized spacial score (nSPS) is 21.2. The number of halogens is 2. The minimum atomic E-state index is -2.53. The topological polar surface area (TPSA) is 47.6 Å². The van der Waals surface area contributed by atoms with E-state index < -0.39 is 5.92 Å². The third-order valence-corrected chi connectivity index (χ3v) is 3.35. The van der Waals surface area contributed by atoms with Gasteiger partial charge in [-0.05, 0) is 36.5 Å². The van der Waals surface area contributed by atoms with E-state index in [1.807, 2.05) is 12.1 Å². The zero-order chi connectivity index (χ0) is 13.2. The Hall–Kier alpha value is -1.94. The molecule has 4 heteroatoms. The van der Waals surface area contributed by atoms with Crippen LogP contribution in [0.4, 0.5) is 8.78 Å². The molecule has 1 aliphatic carbocycles. The lowest BCUT2D eigenvalue weighted by Crippen LogP contribution is -2.10. The molecule has 0 aliphatic heterocycles. The average Bonchev–Trinajstić information content (AvgIpc) is 2.68. The Morgan fingerprint density at radius 3 is 2.50 bits per heavy atom. The van der Waals surface area contributed by atoms with Crippen LogP contribution in [0.15, 0.2) is 18.2 Å². The average molecular weight is 246 g/mol. The van der Waals surface area contributed by atoms with Gasteiger partial charge < -0.3 is 0 Å². The largest absolute Gasteiger partial charge is 0.248 e. The van der Waals surface area contributed by atoms with Gasteiger partial charge >= 0.3 is 0 Å². The second kappa shape index (κ2) is 4.74. The van der Waals surface area contributed by atoms with Crippen LogP contribution in [0.5, 0.6) is 0 Å². The van der Waals surface area contributed by atoms with Crippen molar-refractivity contribution in [2.75, 3.05) is 0 Å². The molecule has 1 aromatic carbocycles. The summed E-state index contributed by atoms with van der Waals surface area (Å²) in [5.41, 5.74) is 1.51. The molecule has 1 atom stereocenters. The van der Waals surface area contributed by atoms with Crippen molar-refractivity contribution in [2.24, 2.45) is 5.92 Å². The first-order valence-electron chi connectivity index (χ1n) is 5.85. The number of nitrogens with zero attached hydrogens (tertiary/aromatic N) is 2. The molecular weight excluding hydrogens is 234 g/mol. The highest BCUT2D eigenvalue weighted by molar-refractivity contribution is 5.47. The highest BCUT2D eigenvalue weighted by Crippen LogP contribution is 2.40. The van der Waals surface area contributed by atoms with E-state index in [4.69, 9.17) is 10.5 Å². The van der Waals surface area contributed by atoms with Crippen molar-refractivity contribution in [1.29, 1.82) is 10.5 Å². The minimum Gasteiger partial charge on any atom is -0.207 e. The van der Waals surface area contributed by atoms with Gasteiger partial charge in [0.2, 0.25) is 5.92 Å². The van der Waals surface area contributed by atoms with Crippen LogP contribution >= 0.6 is 0 Å². The number of benzene rings is 1.